The van der Waals surface area contributed by atoms with Gasteiger partial charge in [-0.05, 0) is 36.8 Å². The van der Waals surface area contributed by atoms with Crippen LogP contribution in [0.2, 0.25) is 0 Å². The first kappa shape index (κ1) is 16.4. The SMILES string of the molecule is CC(NC(=O)c1ccc(CSc2ccccc2)o1)c1ccccc1. The average Bonchev–Trinajstić information content (AvgIpc) is 3.11. The summed E-state index contributed by atoms with van der Waals surface area (Å²) in [6, 6.07) is 23.5. The molecule has 1 N–H and O–H groups in total. The lowest BCUT2D eigenvalue weighted by atomic mass is 10.1. The van der Waals surface area contributed by atoms with E-state index in [4.69, 9.17) is 4.42 Å². The maximum atomic E-state index is 12.3. The zero-order valence-corrected chi connectivity index (χ0v) is 14.3. The monoisotopic (exact) mass is 337 g/mol. The predicted molar refractivity (Wildman–Crippen MR) is 97.0 cm³/mol. The van der Waals surface area contributed by atoms with Crippen LogP contribution in [0.5, 0.6) is 0 Å². The van der Waals surface area contributed by atoms with Gasteiger partial charge in [-0.15, -0.1) is 11.8 Å². The highest BCUT2D eigenvalue weighted by Gasteiger charge is 2.15. The zero-order valence-electron chi connectivity index (χ0n) is 13.4. The van der Waals surface area contributed by atoms with Crippen LogP contribution in [0.15, 0.2) is 82.1 Å². The Morgan fingerprint density at radius 3 is 2.38 bits per heavy atom. The summed E-state index contributed by atoms with van der Waals surface area (Å²) < 4.78 is 5.67. The fourth-order valence-corrected chi connectivity index (χ4v) is 3.16. The van der Waals surface area contributed by atoms with Gasteiger partial charge in [0.15, 0.2) is 5.76 Å². The van der Waals surface area contributed by atoms with Crippen molar-refractivity contribution >= 4 is 17.7 Å². The number of furan rings is 1. The maximum absolute atomic E-state index is 12.3. The van der Waals surface area contributed by atoms with Crippen LogP contribution in [-0.2, 0) is 5.75 Å². The number of amides is 1. The minimum absolute atomic E-state index is 0.0639. The smallest absolute Gasteiger partial charge is 0.287 e. The minimum Gasteiger partial charge on any atom is -0.455 e. The van der Waals surface area contributed by atoms with Crippen molar-refractivity contribution in [3.05, 3.63) is 89.9 Å². The third-order valence-corrected chi connectivity index (χ3v) is 4.69. The standard InChI is InChI=1S/C20H19NO2S/c1-15(16-8-4-2-5-9-16)21-20(22)19-13-12-17(23-19)14-24-18-10-6-3-7-11-18/h2-13,15H,14H2,1H3,(H,21,22). The molecule has 0 spiro atoms. The molecule has 0 saturated carbocycles. The molecular formula is C20H19NO2S. The molecule has 1 atom stereocenters. The molecule has 1 amide bonds. The van der Waals surface area contributed by atoms with E-state index in [1.165, 1.54) is 4.90 Å². The molecule has 24 heavy (non-hydrogen) atoms. The van der Waals surface area contributed by atoms with Gasteiger partial charge in [0.2, 0.25) is 0 Å². The second-order valence-electron chi connectivity index (χ2n) is 5.47. The molecule has 2 aromatic carbocycles. The van der Waals surface area contributed by atoms with Crippen LogP contribution in [0.25, 0.3) is 0 Å². The van der Waals surface area contributed by atoms with Gasteiger partial charge in [0.05, 0.1) is 11.8 Å². The molecule has 122 valence electrons. The van der Waals surface area contributed by atoms with E-state index in [2.05, 4.69) is 17.4 Å². The van der Waals surface area contributed by atoms with Gasteiger partial charge in [-0.1, -0.05) is 48.5 Å². The number of rotatable bonds is 6. The van der Waals surface area contributed by atoms with E-state index in [1.807, 2.05) is 61.5 Å². The number of thioether (sulfide) groups is 1. The van der Waals surface area contributed by atoms with E-state index in [1.54, 1.807) is 17.8 Å². The second kappa shape index (κ2) is 7.88. The van der Waals surface area contributed by atoms with Gasteiger partial charge in [0.1, 0.15) is 5.76 Å². The summed E-state index contributed by atoms with van der Waals surface area (Å²) in [6.45, 7) is 1.96. The van der Waals surface area contributed by atoms with Crippen molar-refractivity contribution in [2.45, 2.75) is 23.6 Å². The highest BCUT2D eigenvalue weighted by Crippen LogP contribution is 2.23. The van der Waals surface area contributed by atoms with Gasteiger partial charge in [0.25, 0.3) is 5.91 Å². The minimum atomic E-state index is -0.192. The Labute approximate surface area is 146 Å². The normalized spacial score (nSPS) is 11.9. The number of nitrogens with one attached hydrogen (secondary N) is 1. The van der Waals surface area contributed by atoms with Crippen molar-refractivity contribution in [3.8, 4) is 0 Å². The number of carbonyl (C=O) groups excluding carboxylic acids is 1. The quantitative estimate of drug-likeness (QED) is 0.639. The number of carbonyl (C=O) groups is 1. The van der Waals surface area contributed by atoms with Crippen molar-refractivity contribution in [2.24, 2.45) is 0 Å². The molecule has 1 heterocycles. The average molecular weight is 337 g/mol. The summed E-state index contributed by atoms with van der Waals surface area (Å²) in [6.07, 6.45) is 0. The van der Waals surface area contributed by atoms with E-state index < -0.39 is 0 Å². The van der Waals surface area contributed by atoms with Gasteiger partial charge in [0, 0.05) is 4.90 Å². The molecule has 0 aliphatic carbocycles. The topological polar surface area (TPSA) is 42.2 Å². The summed E-state index contributed by atoms with van der Waals surface area (Å²) in [4.78, 5) is 13.5. The molecule has 1 aromatic heterocycles. The van der Waals surface area contributed by atoms with E-state index >= 15 is 0 Å². The van der Waals surface area contributed by atoms with Gasteiger partial charge >= 0.3 is 0 Å². The van der Waals surface area contributed by atoms with Gasteiger partial charge in [-0.2, -0.15) is 0 Å². The van der Waals surface area contributed by atoms with Crippen molar-refractivity contribution in [2.75, 3.05) is 0 Å². The molecule has 3 nitrogen and oxygen atoms in total. The lowest BCUT2D eigenvalue weighted by Crippen LogP contribution is -2.26. The lowest BCUT2D eigenvalue weighted by molar-refractivity contribution is 0.0910. The van der Waals surface area contributed by atoms with Crippen LogP contribution in [-0.4, -0.2) is 5.91 Å². The Morgan fingerprint density at radius 1 is 1.00 bits per heavy atom. The number of benzene rings is 2. The van der Waals surface area contributed by atoms with Crippen LogP contribution in [0.1, 0.15) is 34.8 Å². The first-order valence-corrected chi connectivity index (χ1v) is 8.83. The first-order chi connectivity index (χ1) is 11.7. The van der Waals surface area contributed by atoms with Crippen LogP contribution >= 0.6 is 11.8 Å². The van der Waals surface area contributed by atoms with E-state index in [9.17, 15) is 4.79 Å². The predicted octanol–water partition coefficient (Wildman–Crippen LogP) is 5.06. The van der Waals surface area contributed by atoms with E-state index in [-0.39, 0.29) is 11.9 Å². The fourth-order valence-electron chi connectivity index (χ4n) is 2.34. The Morgan fingerprint density at radius 2 is 1.67 bits per heavy atom. The summed E-state index contributed by atoms with van der Waals surface area (Å²) in [7, 11) is 0. The molecule has 4 heteroatoms. The Balaban J connectivity index is 1.57. The van der Waals surface area contributed by atoms with Gasteiger partial charge in [-0.25, -0.2) is 0 Å². The van der Waals surface area contributed by atoms with Crippen molar-refractivity contribution in [1.29, 1.82) is 0 Å². The molecule has 0 bridgehead atoms. The fraction of sp³-hybridized carbons (Fsp3) is 0.150. The molecular weight excluding hydrogens is 318 g/mol. The number of hydrogen-bond donors (Lipinski definition) is 1. The summed E-state index contributed by atoms with van der Waals surface area (Å²) in [5, 5.41) is 2.96. The molecule has 0 aliphatic heterocycles. The van der Waals surface area contributed by atoms with Gasteiger partial charge < -0.3 is 9.73 Å². The summed E-state index contributed by atoms with van der Waals surface area (Å²) in [5.74, 6) is 1.65. The van der Waals surface area contributed by atoms with Crippen LogP contribution in [0.4, 0.5) is 0 Å². The molecule has 0 fully saturated rings. The van der Waals surface area contributed by atoms with E-state index in [0.29, 0.717) is 11.5 Å². The highest BCUT2D eigenvalue weighted by atomic mass is 32.2. The van der Waals surface area contributed by atoms with E-state index in [0.717, 1.165) is 11.3 Å². The molecule has 0 aliphatic rings. The third-order valence-electron chi connectivity index (χ3n) is 3.66. The molecule has 1 unspecified atom stereocenters. The molecule has 0 saturated heterocycles. The van der Waals surface area contributed by atoms with Gasteiger partial charge in [-0.3, -0.25) is 4.79 Å². The maximum Gasteiger partial charge on any atom is 0.287 e. The Bertz CT molecular complexity index is 784. The Kier molecular flexibility index (Phi) is 5.39. The van der Waals surface area contributed by atoms with Crippen LogP contribution < -0.4 is 5.32 Å². The summed E-state index contributed by atoms with van der Waals surface area (Å²) >= 11 is 1.68. The molecule has 3 rings (SSSR count). The van der Waals surface area contributed by atoms with Crippen LogP contribution in [0.3, 0.4) is 0 Å². The third kappa shape index (κ3) is 4.30. The number of hydrogen-bond acceptors (Lipinski definition) is 3. The molecule has 0 radical (unpaired) electrons. The second-order valence-corrected chi connectivity index (χ2v) is 6.52. The van der Waals surface area contributed by atoms with Crippen molar-refractivity contribution < 1.29 is 9.21 Å². The molecule has 3 aromatic rings. The summed E-state index contributed by atoms with van der Waals surface area (Å²) in [5.41, 5.74) is 1.07. The zero-order chi connectivity index (χ0) is 16.8. The highest BCUT2D eigenvalue weighted by molar-refractivity contribution is 7.98. The lowest BCUT2D eigenvalue weighted by Gasteiger charge is -2.13. The van der Waals surface area contributed by atoms with Crippen molar-refractivity contribution in [3.63, 3.8) is 0 Å². The largest absolute Gasteiger partial charge is 0.455 e. The van der Waals surface area contributed by atoms with Crippen molar-refractivity contribution in [1.82, 2.24) is 5.32 Å². The first-order valence-electron chi connectivity index (χ1n) is 7.85. The Hall–Kier alpha value is -2.46. The van der Waals surface area contributed by atoms with Crippen LogP contribution in [0, 0.1) is 0 Å².